The van der Waals surface area contributed by atoms with Crippen LogP contribution in [0, 0.1) is 11.3 Å². The van der Waals surface area contributed by atoms with Crippen molar-refractivity contribution in [1.29, 1.82) is 5.26 Å². The minimum atomic E-state index is -0.668. The highest BCUT2D eigenvalue weighted by molar-refractivity contribution is 5.35. The molecule has 0 aromatic carbocycles. The Labute approximate surface area is 71.2 Å². The fourth-order valence-electron chi connectivity index (χ4n) is 0.813. The number of hydrogen-bond donors (Lipinski definition) is 1. The van der Waals surface area contributed by atoms with Gasteiger partial charge >= 0.3 is 0 Å². The van der Waals surface area contributed by atoms with Crippen LogP contribution in [0.15, 0.2) is 16.5 Å². The molecule has 0 saturated carbocycles. The lowest BCUT2D eigenvalue weighted by Crippen LogP contribution is -2.08. The summed E-state index contributed by atoms with van der Waals surface area (Å²) < 4.78 is 5.28. The summed E-state index contributed by atoms with van der Waals surface area (Å²) in [6.07, 6.45) is 0. The van der Waals surface area contributed by atoms with E-state index in [4.69, 9.17) is 15.4 Å². The zero-order valence-corrected chi connectivity index (χ0v) is 7.11. The molecule has 1 atom stereocenters. The zero-order valence-electron chi connectivity index (χ0n) is 7.11. The van der Waals surface area contributed by atoms with Gasteiger partial charge in [0.05, 0.1) is 6.07 Å². The molecule has 0 bridgehead atoms. The van der Waals surface area contributed by atoms with Crippen molar-refractivity contribution in [3.05, 3.63) is 17.9 Å². The summed E-state index contributed by atoms with van der Waals surface area (Å²) >= 11 is 0. The molecule has 0 aliphatic rings. The van der Waals surface area contributed by atoms with Gasteiger partial charge in [0.1, 0.15) is 5.76 Å². The molecule has 0 saturated heterocycles. The second-order valence-electron chi connectivity index (χ2n) is 2.68. The maximum Gasteiger partial charge on any atom is 0.195 e. The van der Waals surface area contributed by atoms with Crippen molar-refractivity contribution in [2.24, 2.45) is 5.73 Å². The second kappa shape index (κ2) is 3.28. The Kier molecular flexibility index (Phi) is 2.36. The Morgan fingerprint density at radius 1 is 1.58 bits per heavy atom. The van der Waals surface area contributed by atoms with Crippen LogP contribution in [0.1, 0.15) is 11.8 Å². The van der Waals surface area contributed by atoms with Crippen molar-refractivity contribution >= 4 is 5.88 Å². The monoisotopic (exact) mass is 165 g/mol. The highest BCUT2D eigenvalue weighted by Crippen LogP contribution is 2.19. The van der Waals surface area contributed by atoms with Crippen molar-refractivity contribution < 1.29 is 4.42 Å². The smallest absolute Gasteiger partial charge is 0.195 e. The van der Waals surface area contributed by atoms with E-state index in [0.29, 0.717) is 11.6 Å². The fraction of sp³-hybridized carbons (Fsp3) is 0.375. The number of anilines is 1. The molecule has 1 aromatic rings. The first-order chi connectivity index (χ1) is 5.65. The van der Waals surface area contributed by atoms with Crippen molar-refractivity contribution in [3.63, 3.8) is 0 Å². The van der Waals surface area contributed by atoms with E-state index in [0.717, 1.165) is 0 Å². The molecule has 1 rings (SSSR count). The molecule has 4 nitrogen and oxygen atoms in total. The van der Waals surface area contributed by atoms with E-state index in [-0.39, 0.29) is 0 Å². The Bertz CT molecular complexity index is 297. The van der Waals surface area contributed by atoms with Gasteiger partial charge in [0, 0.05) is 20.2 Å². The largest absolute Gasteiger partial charge is 0.443 e. The van der Waals surface area contributed by atoms with Gasteiger partial charge in [-0.2, -0.15) is 5.26 Å². The van der Waals surface area contributed by atoms with Crippen molar-refractivity contribution in [3.8, 4) is 6.07 Å². The molecule has 64 valence electrons. The Morgan fingerprint density at radius 2 is 2.25 bits per heavy atom. The third-order valence-electron chi connectivity index (χ3n) is 1.50. The molecule has 0 spiro atoms. The topological polar surface area (TPSA) is 66.2 Å². The van der Waals surface area contributed by atoms with Crippen LogP contribution in [0.4, 0.5) is 5.88 Å². The molecule has 2 N–H and O–H groups in total. The number of furan rings is 1. The van der Waals surface area contributed by atoms with E-state index in [2.05, 4.69) is 0 Å². The predicted molar refractivity (Wildman–Crippen MR) is 45.6 cm³/mol. The van der Waals surface area contributed by atoms with Crippen LogP contribution in [0.2, 0.25) is 0 Å². The van der Waals surface area contributed by atoms with Gasteiger partial charge in [-0.1, -0.05) is 0 Å². The molecule has 4 heteroatoms. The summed E-state index contributed by atoms with van der Waals surface area (Å²) in [5.74, 6) is 1.21. The van der Waals surface area contributed by atoms with Gasteiger partial charge < -0.3 is 15.1 Å². The maximum absolute atomic E-state index is 8.49. The maximum atomic E-state index is 8.49. The highest BCUT2D eigenvalue weighted by atomic mass is 16.4. The van der Waals surface area contributed by atoms with Gasteiger partial charge in [-0.3, -0.25) is 0 Å². The average molecular weight is 165 g/mol. The molecule has 12 heavy (non-hydrogen) atoms. The fourth-order valence-corrected chi connectivity index (χ4v) is 0.813. The minimum absolute atomic E-state index is 0.501. The Morgan fingerprint density at radius 3 is 2.67 bits per heavy atom. The number of nitrogens with zero attached hydrogens (tertiary/aromatic N) is 2. The van der Waals surface area contributed by atoms with E-state index in [1.807, 2.05) is 25.1 Å². The summed E-state index contributed by atoms with van der Waals surface area (Å²) in [7, 11) is 3.72. The van der Waals surface area contributed by atoms with Gasteiger partial charge in [-0.05, 0) is 6.07 Å². The first-order valence-corrected chi connectivity index (χ1v) is 3.57. The number of rotatable bonds is 2. The SMILES string of the molecule is CN(C)c1ccc(C(N)C#N)o1. The van der Waals surface area contributed by atoms with E-state index >= 15 is 0 Å². The molecule has 0 fully saturated rings. The lowest BCUT2D eigenvalue weighted by molar-refractivity contribution is 0.498. The van der Waals surface area contributed by atoms with Crippen molar-refractivity contribution in [2.75, 3.05) is 19.0 Å². The van der Waals surface area contributed by atoms with Crippen molar-refractivity contribution in [1.82, 2.24) is 0 Å². The lowest BCUT2D eigenvalue weighted by atomic mass is 10.3. The number of nitrogens with two attached hydrogens (primary N) is 1. The van der Waals surface area contributed by atoms with E-state index < -0.39 is 6.04 Å². The van der Waals surface area contributed by atoms with Crippen LogP contribution in [0.3, 0.4) is 0 Å². The summed E-state index contributed by atoms with van der Waals surface area (Å²) in [5, 5.41) is 8.49. The minimum Gasteiger partial charge on any atom is -0.443 e. The van der Waals surface area contributed by atoms with E-state index in [1.54, 1.807) is 12.1 Å². The first kappa shape index (κ1) is 8.62. The van der Waals surface area contributed by atoms with Crippen LogP contribution in [0.5, 0.6) is 0 Å². The summed E-state index contributed by atoms with van der Waals surface area (Å²) in [6, 6.07) is 4.73. The van der Waals surface area contributed by atoms with Gasteiger partial charge in [0.25, 0.3) is 0 Å². The van der Waals surface area contributed by atoms with Gasteiger partial charge in [0.15, 0.2) is 11.9 Å². The molecule has 0 amide bonds. The highest BCUT2D eigenvalue weighted by Gasteiger charge is 2.09. The van der Waals surface area contributed by atoms with Crippen molar-refractivity contribution in [2.45, 2.75) is 6.04 Å². The third kappa shape index (κ3) is 1.57. The van der Waals surface area contributed by atoms with Gasteiger partial charge in [0.2, 0.25) is 0 Å². The number of nitriles is 1. The summed E-state index contributed by atoms with van der Waals surface area (Å²) in [6.45, 7) is 0. The summed E-state index contributed by atoms with van der Waals surface area (Å²) in [5.41, 5.74) is 5.43. The molecule has 1 unspecified atom stereocenters. The van der Waals surface area contributed by atoms with Crippen LogP contribution < -0.4 is 10.6 Å². The molecule has 1 aromatic heterocycles. The average Bonchev–Trinajstić information content (AvgIpc) is 2.51. The van der Waals surface area contributed by atoms with Gasteiger partial charge in [-0.25, -0.2) is 0 Å². The normalized spacial score (nSPS) is 12.2. The molecule has 1 heterocycles. The molecular weight excluding hydrogens is 154 g/mol. The van der Waals surface area contributed by atoms with Crippen LogP contribution in [0.25, 0.3) is 0 Å². The second-order valence-corrected chi connectivity index (χ2v) is 2.68. The standard InChI is InChI=1S/C8H11N3O/c1-11(2)8-4-3-7(12-8)6(10)5-9/h3-4,6H,10H2,1-2H3. The number of hydrogen-bond acceptors (Lipinski definition) is 4. The molecular formula is C8H11N3O. The lowest BCUT2D eigenvalue weighted by Gasteiger charge is -2.06. The quantitative estimate of drug-likeness (QED) is 0.706. The van der Waals surface area contributed by atoms with Gasteiger partial charge in [-0.15, -0.1) is 0 Å². The van der Waals surface area contributed by atoms with E-state index in [9.17, 15) is 0 Å². The van der Waals surface area contributed by atoms with Crippen LogP contribution in [-0.4, -0.2) is 14.1 Å². The predicted octanol–water partition coefficient (Wildman–Crippen LogP) is 0.869. The molecule has 0 aliphatic carbocycles. The third-order valence-corrected chi connectivity index (χ3v) is 1.50. The Balaban J connectivity index is 2.86. The molecule has 0 aliphatic heterocycles. The summed E-state index contributed by atoms with van der Waals surface area (Å²) in [4.78, 5) is 1.81. The molecule has 0 radical (unpaired) electrons. The van der Waals surface area contributed by atoms with Crippen LogP contribution >= 0.6 is 0 Å². The first-order valence-electron chi connectivity index (χ1n) is 3.57. The van der Waals surface area contributed by atoms with E-state index in [1.165, 1.54) is 0 Å². The Hall–Kier alpha value is -1.47. The van der Waals surface area contributed by atoms with Crippen LogP contribution in [-0.2, 0) is 0 Å². The zero-order chi connectivity index (χ0) is 9.14.